The van der Waals surface area contributed by atoms with Gasteiger partial charge in [0.1, 0.15) is 5.75 Å². The lowest BCUT2D eigenvalue weighted by Gasteiger charge is -2.08. The number of rotatable bonds is 5. The number of thioether (sulfide) groups is 1. The van der Waals surface area contributed by atoms with Crippen LogP contribution in [-0.4, -0.2) is 28.5 Å². The van der Waals surface area contributed by atoms with Crippen molar-refractivity contribution in [1.29, 1.82) is 0 Å². The number of carbonyl (C=O) groups is 2. The number of ether oxygens (including phenoxy) is 1. The standard InChI is InChI=1S/C21H20ClNO3S/c1-4-27-20(24)12-17-13(2)23(19-10-9-16(26-3)11-18(17)19)21(25)14-5-7-15(22)8-6-14/h5-11H,4,12H2,1-3H3. The first-order valence-corrected chi connectivity index (χ1v) is 9.96. The van der Waals surface area contributed by atoms with Crippen molar-refractivity contribution in [2.24, 2.45) is 0 Å². The number of aromatic nitrogens is 1. The number of halogens is 1. The molecule has 0 N–H and O–H groups in total. The molecule has 0 aliphatic carbocycles. The molecule has 0 saturated heterocycles. The highest BCUT2D eigenvalue weighted by Crippen LogP contribution is 2.31. The summed E-state index contributed by atoms with van der Waals surface area (Å²) in [6.45, 7) is 3.82. The Morgan fingerprint density at radius 3 is 2.48 bits per heavy atom. The quantitative estimate of drug-likeness (QED) is 0.595. The first kappa shape index (κ1) is 19.5. The maximum atomic E-state index is 13.2. The molecule has 1 aromatic heterocycles. The number of benzene rings is 2. The Morgan fingerprint density at radius 1 is 1.15 bits per heavy atom. The lowest BCUT2D eigenvalue weighted by molar-refractivity contribution is -0.110. The first-order valence-electron chi connectivity index (χ1n) is 8.60. The van der Waals surface area contributed by atoms with Crippen molar-refractivity contribution in [2.45, 2.75) is 20.3 Å². The lowest BCUT2D eigenvalue weighted by Crippen LogP contribution is -2.14. The van der Waals surface area contributed by atoms with Crippen LogP contribution in [0.15, 0.2) is 42.5 Å². The fourth-order valence-electron chi connectivity index (χ4n) is 3.15. The van der Waals surface area contributed by atoms with Crippen molar-refractivity contribution in [2.75, 3.05) is 12.9 Å². The summed E-state index contributed by atoms with van der Waals surface area (Å²) in [6.07, 6.45) is 0.273. The van der Waals surface area contributed by atoms with Gasteiger partial charge < -0.3 is 4.74 Å². The molecule has 140 valence electrons. The highest BCUT2D eigenvalue weighted by Gasteiger charge is 2.22. The Morgan fingerprint density at radius 2 is 1.85 bits per heavy atom. The first-order chi connectivity index (χ1) is 13.0. The van der Waals surface area contributed by atoms with E-state index in [2.05, 4.69) is 0 Å². The molecule has 4 nitrogen and oxygen atoms in total. The molecule has 0 radical (unpaired) electrons. The number of fused-ring (bicyclic) bond motifs is 1. The van der Waals surface area contributed by atoms with Crippen LogP contribution in [0.25, 0.3) is 10.9 Å². The third kappa shape index (κ3) is 3.89. The number of nitrogens with zero attached hydrogens (tertiary/aromatic N) is 1. The van der Waals surface area contributed by atoms with Gasteiger partial charge in [-0.3, -0.25) is 14.2 Å². The van der Waals surface area contributed by atoms with Gasteiger partial charge in [-0.25, -0.2) is 0 Å². The normalized spacial score (nSPS) is 11.0. The Bertz CT molecular complexity index is 1010. The van der Waals surface area contributed by atoms with Gasteiger partial charge in [0, 0.05) is 28.1 Å². The molecule has 3 aromatic rings. The topological polar surface area (TPSA) is 48.3 Å². The fraction of sp³-hybridized carbons (Fsp3) is 0.238. The van der Waals surface area contributed by atoms with E-state index in [9.17, 15) is 9.59 Å². The van der Waals surface area contributed by atoms with E-state index in [1.807, 2.05) is 32.0 Å². The Labute approximate surface area is 167 Å². The number of methoxy groups -OCH3 is 1. The van der Waals surface area contributed by atoms with Crippen molar-refractivity contribution in [3.63, 3.8) is 0 Å². The number of hydrogen-bond donors (Lipinski definition) is 0. The molecule has 0 spiro atoms. The summed E-state index contributed by atoms with van der Waals surface area (Å²) in [7, 11) is 1.60. The number of carbonyl (C=O) groups excluding carboxylic acids is 2. The molecule has 0 fully saturated rings. The van der Waals surface area contributed by atoms with Crippen LogP contribution in [-0.2, 0) is 11.2 Å². The van der Waals surface area contributed by atoms with Gasteiger partial charge in [0.15, 0.2) is 5.12 Å². The molecule has 2 aromatic carbocycles. The molecular weight excluding hydrogens is 382 g/mol. The van der Waals surface area contributed by atoms with Crippen LogP contribution in [0.4, 0.5) is 0 Å². The minimum absolute atomic E-state index is 0.0846. The van der Waals surface area contributed by atoms with Crippen LogP contribution >= 0.6 is 23.4 Å². The van der Waals surface area contributed by atoms with Gasteiger partial charge in [-0.15, -0.1) is 0 Å². The Kier molecular flexibility index (Phi) is 5.92. The van der Waals surface area contributed by atoms with Crippen LogP contribution in [0.2, 0.25) is 5.02 Å². The van der Waals surface area contributed by atoms with Crippen molar-refractivity contribution in [1.82, 2.24) is 4.57 Å². The summed E-state index contributed by atoms with van der Waals surface area (Å²) in [5.74, 6) is 1.26. The zero-order valence-electron chi connectivity index (χ0n) is 15.4. The van der Waals surface area contributed by atoms with Crippen molar-refractivity contribution < 1.29 is 14.3 Å². The average molecular weight is 402 g/mol. The molecule has 6 heteroatoms. The van der Waals surface area contributed by atoms with E-state index in [4.69, 9.17) is 16.3 Å². The summed E-state index contributed by atoms with van der Waals surface area (Å²) < 4.78 is 7.00. The summed E-state index contributed by atoms with van der Waals surface area (Å²) in [5.41, 5.74) is 2.92. The molecule has 0 unspecified atom stereocenters. The maximum absolute atomic E-state index is 13.2. The van der Waals surface area contributed by atoms with Crippen LogP contribution in [0.3, 0.4) is 0 Å². The van der Waals surface area contributed by atoms with E-state index in [0.29, 0.717) is 16.3 Å². The van der Waals surface area contributed by atoms with Gasteiger partial charge in [-0.05, 0) is 60.7 Å². The van der Waals surface area contributed by atoms with Crippen molar-refractivity contribution in [3.05, 3.63) is 64.3 Å². The van der Waals surface area contributed by atoms with Crippen LogP contribution in [0.5, 0.6) is 5.75 Å². The monoisotopic (exact) mass is 401 g/mol. The summed E-state index contributed by atoms with van der Waals surface area (Å²) in [5, 5.41) is 1.52. The highest BCUT2D eigenvalue weighted by molar-refractivity contribution is 8.13. The maximum Gasteiger partial charge on any atom is 0.262 e. The van der Waals surface area contributed by atoms with Crippen LogP contribution < -0.4 is 4.74 Å². The summed E-state index contributed by atoms with van der Waals surface area (Å²) in [4.78, 5) is 25.4. The van der Waals surface area contributed by atoms with Gasteiger partial charge >= 0.3 is 0 Å². The van der Waals surface area contributed by atoms with E-state index >= 15 is 0 Å². The summed E-state index contributed by atoms with van der Waals surface area (Å²) >= 11 is 7.23. The minimum atomic E-state index is -0.152. The van der Waals surface area contributed by atoms with Gasteiger partial charge in [0.05, 0.1) is 12.6 Å². The SMILES string of the molecule is CCSC(=O)Cc1c(C)n(C(=O)c2ccc(Cl)cc2)c2ccc(OC)cc12. The fourth-order valence-corrected chi connectivity index (χ4v) is 3.85. The second-order valence-corrected chi connectivity index (χ2v) is 7.83. The number of hydrogen-bond acceptors (Lipinski definition) is 4. The van der Waals surface area contributed by atoms with Crippen LogP contribution in [0.1, 0.15) is 28.5 Å². The smallest absolute Gasteiger partial charge is 0.262 e. The largest absolute Gasteiger partial charge is 0.497 e. The van der Waals surface area contributed by atoms with Gasteiger partial charge in [0.25, 0.3) is 5.91 Å². The molecular formula is C21H20ClNO3S. The minimum Gasteiger partial charge on any atom is -0.497 e. The predicted molar refractivity (Wildman–Crippen MR) is 111 cm³/mol. The van der Waals surface area contributed by atoms with E-state index < -0.39 is 0 Å². The predicted octanol–water partition coefficient (Wildman–Crippen LogP) is 5.12. The van der Waals surface area contributed by atoms with Gasteiger partial charge in [-0.2, -0.15) is 0 Å². The van der Waals surface area contributed by atoms with Crippen molar-refractivity contribution >= 4 is 45.3 Å². The molecule has 0 aliphatic heterocycles. The Hall–Kier alpha value is -2.24. The lowest BCUT2D eigenvalue weighted by atomic mass is 10.1. The second kappa shape index (κ2) is 8.19. The molecule has 0 amide bonds. The highest BCUT2D eigenvalue weighted by atomic mass is 35.5. The van der Waals surface area contributed by atoms with E-state index in [1.165, 1.54) is 11.8 Å². The zero-order valence-corrected chi connectivity index (χ0v) is 17.0. The van der Waals surface area contributed by atoms with Crippen LogP contribution in [0, 0.1) is 6.92 Å². The third-order valence-corrected chi connectivity index (χ3v) is 5.47. The third-order valence-electron chi connectivity index (χ3n) is 4.46. The molecule has 0 bridgehead atoms. The molecule has 0 atom stereocenters. The van der Waals surface area contributed by atoms with Gasteiger partial charge in [0.2, 0.25) is 0 Å². The molecule has 0 saturated carbocycles. The summed E-state index contributed by atoms with van der Waals surface area (Å²) in [6, 6.07) is 12.4. The molecule has 3 rings (SSSR count). The zero-order chi connectivity index (χ0) is 19.6. The second-order valence-electron chi connectivity index (χ2n) is 6.08. The molecule has 27 heavy (non-hydrogen) atoms. The van der Waals surface area contributed by atoms with E-state index in [-0.39, 0.29) is 17.4 Å². The molecule has 1 heterocycles. The van der Waals surface area contributed by atoms with E-state index in [1.54, 1.807) is 35.9 Å². The Balaban J connectivity index is 2.17. The average Bonchev–Trinajstić information content (AvgIpc) is 2.93. The molecule has 0 aliphatic rings. The van der Waals surface area contributed by atoms with E-state index in [0.717, 1.165) is 27.9 Å². The van der Waals surface area contributed by atoms with Crippen molar-refractivity contribution in [3.8, 4) is 5.75 Å². The van der Waals surface area contributed by atoms with Gasteiger partial charge in [-0.1, -0.05) is 30.3 Å².